The van der Waals surface area contributed by atoms with Gasteiger partial charge in [-0.2, -0.15) is 5.10 Å². The maximum absolute atomic E-state index is 9.19. The second-order valence-corrected chi connectivity index (χ2v) is 4.23. The molecule has 0 saturated heterocycles. The van der Waals surface area contributed by atoms with Crippen LogP contribution in [0.2, 0.25) is 0 Å². The van der Waals surface area contributed by atoms with Crippen molar-refractivity contribution in [2.24, 2.45) is 5.92 Å². The number of aliphatic hydroxyl groups excluding tert-OH is 1. The smallest absolute Gasteiger partial charge is 0.0689 e. The Hall–Kier alpha value is -1.35. The molecule has 3 heteroatoms. The Balaban J connectivity index is 2.51. The lowest BCUT2D eigenvalue weighted by molar-refractivity contribution is 0.283. The predicted octanol–water partition coefficient (Wildman–Crippen LogP) is 2.18. The van der Waals surface area contributed by atoms with E-state index < -0.39 is 0 Å². The van der Waals surface area contributed by atoms with Crippen LogP contribution in [-0.4, -0.2) is 14.9 Å². The van der Waals surface area contributed by atoms with E-state index >= 15 is 0 Å². The van der Waals surface area contributed by atoms with Crippen LogP contribution in [0.4, 0.5) is 0 Å². The number of fused-ring (bicyclic) bond motifs is 1. The van der Waals surface area contributed by atoms with Crippen molar-refractivity contribution in [2.45, 2.75) is 27.0 Å². The van der Waals surface area contributed by atoms with Crippen molar-refractivity contribution in [1.29, 1.82) is 0 Å². The number of hydrogen-bond acceptors (Lipinski definition) is 2. The minimum absolute atomic E-state index is 0.0741. The molecule has 1 aromatic carbocycles. The Morgan fingerprint density at radius 1 is 1.40 bits per heavy atom. The van der Waals surface area contributed by atoms with Gasteiger partial charge in [0.15, 0.2) is 0 Å². The van der Waals surface area contributed by atoms with Gasteiger partial charge >= 0.3 is 0 Å². The number of benzene rings is 1. The first-order valence-electron chi connectivity index (χ1n) is 5.26. The van der Waals surface area contributed by atoms with Crippen molar-refractivity contribution in [2.75, 3.05) is 0 Å². The Morgan fingerprint density at radius 2 is 2.20 bits per heavy atom. The van der Waals surface area contributed by atoms with Crippen LogP contribution < -0.4 is 0 Å². The summed E-state index contributed by atoms with van der Waals surface area (Å²) >= 11 is 0. The van der Waals surface area contributed by atoms with Gasteiger partial charge in [0.2, 0.25) is 0 Å². The molecule has 0 spiro atoms. The number of nitrogens with zero attached hydrogens (tertiary/aromatic N) is 2. The molecule has 1 aromatic heterocycles. The Bertz CT molecular complexity index is 460. The quantitative estimate of drug-likeness (QED) is 0.832. The molecule has 1 heterocycles. The summed E-state index contributed by atoms with van der Waals surface area (Å²) in [4.78, 5) is 0. The van der Waals surface area contributed by atoms with Gasteiger partial charge in [0, 0.05) is 11.9 Å². The molecule has 2 rings (SSSR count). The van der Waals surface area contributed by atoms with Gasteiger partial charge in [0.25, 0.3) is 0 Å². The zero-order chi connectivity index (χ0) is 10.8. The second-order valence-electron chi connectivity index (χ2n) is 4.23. The third-order valence-corrected chi connectivity index (χ3v) is 2.49. The molecule has 0 radical (unpaired) electrons. The summed E-state index contributed by atoms with van der Waals surface area (Å²) < 4.78 is 2.00. The monoisotopic (exact) mass is 204 g/mol. The van der Waals surface area contributed by atoms with Crippen LogP contribution in [0.5, 0.6) is 0 Å². The minimum atomic E-state index is 0.0741. The van der Waals surface area contributed by atoms with Crippen molar-refractivity contribution in [3.05, 3.63) is 30.0 Å². The molecule has 1 N–H and O–H groups in total. The second kappa shape index (κ2) is 4.03. The maximum atomic E-state index is 9.19. The first-order chi connectivity index (χ1) is 7.22. The molecule has 2 aromatic rings. The predicted molar refractivity (Wildman–Crippen MR) is 60.5 cm³/mol. The summed E-state index contributed by atoms with van der Waals surface area (Å²) in [6.45, 7) is 5.33. The van der Waals surface area contributed by atoms with E-state index in [1.165, 1.54) is 0 Å². The van der Waals surface area contributed by atoms with E-state index in [2.05, 4.69) is 18.9 Å². The average Bonchev–Trinajstić information content (AvgIpc) is 2.61. The molecule has 80 valence electrons. The van der Waals surface area contributed by atoms with Crippen LogP contribution in [0, 0.1) is 5.92 Å². The van der Waals surface area contributed by atoms with Crippen LogP contribution in [-0.2, 0) is 13.2 Å². The van der Waals surface area contributed by atoms with E-state index in [0.717, 1.165) is 23.0 Å². The summed E-state index contributed by atoms with van der Waals surface area (Å²) in [7, 11) is 0. The molecule has 0 fully saturated rings. The van der Waals surface area contributed by atoms with Crippen LogP contribution in [0.25, 0.3) is 10.9 Å². The van der Waals surface area contributed by atoms with Gasteiger partial charge in [-0.15, -0.1) is 0 Å². The van der Waals surface area contributed by atoms with Crippen molar-refractivity contribution < 1.29 is 5.11 Å². The van der Waals surface area contributed by atoms with Gasteiger partial charge in [0.05, 0.1) is 18.3 Å². The molecule has 0 unspecified atom stereocenters. The van der Waals surface area contributed by atoms with Crippen LogP contribution in [0.15, 0.2) is 24.4 Å². The zero-order valence-corrected chi connectivity index (χ0v) is 9.14. The molecule has 0 bridgehead atoms. The van der Waals surface area contributed by atoms with Gasteiger partial charge in [-0.3, -0.25) is 4.68 Å². The van der Waals surface area contributed by atoms with Gasteiger partial charge < -0.3 is 5.11 Å². The summed E-state index contributed by atoms with van der Waals surface area (Å²) in [6, 6.07) is 5.94. The Labute approximate surface area is 89.3 Å². The Morgan fingerprint density at radius 3 is 2.87 bits per heavy atom. The summed E-state index contributed by atoms with van der Waals surface area (Å²) in [6.07, 6.45) is 1.84. The van der Waals surface area contributed by atoms with E-state index in [1.807, 2.05) is 29.1 Å². The van der Waals surface area contributed by atoms with E-state index in [1.54, 1.807) is 0 Å². The first kappa shape index (κ1) is 10.2. The number of aliphatic hydroxyl groups is 1. The van der Waals surface area contributed by atoms with Crippen molar-refractivity contribution in [3.8, 4) is 0 Å². The molecule has 0 aliphatic rings. The fourth-order valence-corrected chi connectivity index (χ4v) is 1.79. The van der Waals surface area contributed by atoms with E-state index in [9.17, 15) is 5.11 Å². The molecule has 0 atom stereocenters. The number of aromatic nitrogens is 2. The maximum Gasteiger partial charge on any atom is 0.0689 e. The van der Waals surface area contributed by atoms with Crippen molar-refractivity contribution >= 4 is 10.9 Å². The van der Waals surface area contributed by atoms with Crippen molar-refractivity contribution in [1.82, 2.24) is 9.78 Å². The highest BCUT2D eigenvalue weighted by Gasteiger charge is 2.06. The highest BCUT2D eigenvalue weighted by atomic mass is 16.3. The molecular formula is C12H16N2O. The van der Waals surface area contributed by atoms with Crippen molar-refractivity contribution in [3.63, 3.8) is 0 Å². The molecule has 0 aliphatic heterocycles. The third kappa shape index (κ3) is 1.88. The molecule has 0 amide bonds. The third-order valence-electron chi connectivity index (χ3n) is 2.49. The van der Waals surface area contributed by atoms with Gasteiger partial charge in [0.1, 0.15) is 0 Å². The fourth-order valence-electron chi connectivity index (χ4n) is 1.79. The molecule has 0 saturated carbocycles. The largest absolute Gasteiger partial charge is 0.392 e. The first-order valence-corrected chi connectivity index (χ1v) is 5.26. The molecule has 3 nitrogen and oxygen atoms in total. The highest BCUT2D eigenvalue weighted by Crippen LogP contribution is 2.19. The molecule has 15 heavy (non-hydrogen) atoms. The lowest BCUT2D eigenvalue weighted by Gasteiger charge is -2.06. The number of rotatable bonds is 3. The van der Waals surface area contributed by atoms with E-state index in [4.69, 9.17) is 0 Å². The van der Waals surface area contributed by atoms with E-state index in [-0.39, 0.29) is 6.61 Å². The van der Waals surface area contributed by atoms with Crippen LogP contribution in [0.1, 0.15) is 19.4 Å². The van der Waals surface area contributed by atoms with Gasteiger partial charge in [-0.05, 0) is 17.5 Å². The topological polar surface area (TPSA) is 38.0 Å². The summed E-state index contributed by atoms with van der Waals surface area (Å²) in [5, 5.41) is 14.6. The highest BCUT2D eigenvalue weighted by molar-refractivity contribution is 5.82. The summed E-state index contributed by atoms with van der Waals surface area (Å²) in [5.74, 6) is 0.575. The molecular weight excluding hydrogens is 188 g/mol. The summed E-state index contributed by atoms with van der Waals surface area (Å²) in [5.41, 5.74) is 2.05. The standard InChI is InChI=1S/C12H16N2O/c1-9(2)7-14-12-5-3-4-10(8-15)11(12)6-13-14/h3-6,9,15H,7-8H2,1-2H3. The molecule has 0 aliphatic carbocycles. The minimum Gasteiger partial charge on any atom is -0.392 e. The lowest BCUT2D eigenvalue weighted by Crippen LogP contribution is -2.05. The average molecular weight is 204 g/mol. The van der Waals surface area contributed by atoms with Gasteiger partial charge in [-0.1, -0.05) is 26.0 Å². The lowest BCUT2D eigenvalue weighted by atomic mass is 10.1. The van der Waals surface area contributed by atoms with Crippen LogP contribution in [0.3, 0.4) is 0 Å². The van der Waals surface area contributed by atoms with Gasteiger partial charge in [-0.25, -0.2) is 0 Å². The zero-order valence-electron chi connectivity index (χ0n) is 9.14. The Kier molecular flexibility index (Phi) is 2.73. The van der Waals surface area contributed by atoms with Crippen LogP contribution >= 0.6 is 0 Å². The number of hydrogen-bond donors (Lipinski definition) is 1. The van der Waals surface area contributed by atoms with E-state index in [0.29, 0.717) is 5.92 Å². The normalized spacial score (nSPS) is 11.5. The fraction of sp³-hybridized carbons (Fsp3) is 0.417. The SMILES string of the molecule is CC(C)Cn1ncc2c(CO)cccc21.